The standard InChI is InChI=1S/C11H17NO3/c1-3-5-8(2)10(13)12-7-4-6-9(12)11(14)15/h5,9H,3-4,6-7H2,1-2H3,(H,14,15)/b8-5+. The maximum atomic E-state index is 11.8. The van der Waals surface area contributed by atoms with Crippen LogP contribution in [0.3, 0.4) is 0 Å². The second-order valence-electron chi connectivity index (χ2n) is 3.79. The number of carboxylic acid groups (broad SMARTS) is 1. The van der Waals surface area contributed by atoms with Crippen molar-refractivity contribution in [1.29, 1.82) is 0 Å². The molecule has 4 nitrogen and oxygen atoms in total. The number of carbonyl (C=O) groups excluding carboxylic acids is 1. The van der Waals surface area contributed by atoms with E-state index in [-0.39, 0.29) is 5.91 Å². The first-order valence-corrected chi connectivity index (χ1v) is 5.28. The predicted molar refractivity (Wildman–Crippen MR) is 56.4 cm³/mol. The van der Waals surface area contributed by atoms with Gasteiger partial charge in [0.15, 0.2) is 0 Å². The van der Waals surface area contributed by atoms with Gasteiger partial charge in [-0.2, -0.15) is 0 Å². The Morgan fingerprint density at radius 2 is 2.20 bits per heavy atom. The van der Waals surface area contributed by atoms with Gasteiger partial charge in [-0.3, -0.25) is 4.79 Å². The third-order valence-electron chi connectivity index (χ3n) is 2.65. The molecule has 15 heavy (non-hydrogen) atoms. The highest BCUT2D eigenvalue weighted by Gasteiger charge is 2.34. The third-order valence-corrected chi connectivity index (χ3v) is 2.65. The number of likely N-dealkylation sites (tertiary alicyclic amines) is 1. The lowest BCUT2D eigenvalue weighted by Crippen LogP contribution is -2.40. The van der Waals surface area contributed by atoms with Crippen molar-refractivity contribution in [2.24, 2.45) is 0 Å². The topological polar surface area (TPSA) is 57.6 Å². The van der Waals surface area contributed by atoms with Gasteiger partial charge in [0.05, 0.1) is 0 Å². The lowest BCUT2D eigenvalue weighted by Gasteiger charge is -2.21. The smallest absolute Gasteiger partial charge is 0.326 e. The zero-order chi connectivity index (χ0) is 11.4. The second kappa shape index (κ2) is 4.96. The number of carbonyl (C=O) groups is 2. The molecule has 0 saturated carbocycles. The molecule has 1 N–H and O–H groups in total. The Hall–Kier alpha value is -1.32. The Kier molecular flexibility index (Phi) is 3.88. The molecular weight excluding hydrogens is 194 g/mol. The highest BCUT2D eigenvalue weighted by Crippen LogP contribution is 2.19. The average molecular weight is 211 g/mol. The Balaban J connectivity index is 2.75. The van der Waals surface area contributed by atoms with Crippen molar-refractivity contribution in [3.8, 4) is 0 Å². The maximum Gasteiger partial charge on any atom is 0.326 e. The van der Waals surface area contributed by atoms with Crippen LogP contribution in [0.1, 0.15) is 33.1 Å². The van der Waals surface area contributed by atoms with Gasteiger partial charge in [-0.1, -0.05) is 13.0 Å². The fourth-order valence-electron chi connectivity index (χ4n) is 1.89. The van der Waals surface area contributed by atoms with Crippen molar-refractivity contribution in [2.45, 2.75) is 39.2 Å². The summed E-state index contributed by atoms with van der Waals surface area (Å²) < 4.78 is 0. The van der Waals surface area contributed by atoms with Crippen LogP contribution in [0.15, 0.2) is 11.6 Å². The highest BCUT2D eigenvalue weighted by atomic mass is 16.4. The summed E-state index contributed by atoms with van der Waals surface area (Å²) in [5.74, 6) is -1.04. The molecule has 0 radical (unpaired) electrons. The van der Waals surface area contributed by atoms with Crippen molar-refractivity contribution < 1.29 is 14.7 Å². The number of amides is 1. The third kappa shape index (κ3) is 2.58. The van der Waals surface area contributed by atoms with Gasteiger partial charge >= 0.3 is 5.97 Å². The Bertz CT molecular complexity index is 296. The molecule has 1 saturated heterocycles. The van der Waals surface area contributed by atoms with Crippen LogP contribution >= 0.6 is 0 Å². The van der Waals surface area contributed by atoms with E-state index < -0.39 is 12.0 Å². The van der Waals surface area contributed by atoms with Gasteiger partial charge in [0.2, 0.25) is 5.91 Å². The minimum atomic E-state index is -0.898. The van der Waals surface area contributed by atoms with Crippen LogP contribution < -0.4 is 0 Å². The van der Waals surface area contributed by atoms with Crippen molar-refractivity contribution in [3.63, 3.8) is 0 Å². The van der Waals surface area contributed by atoms with Crippen LogP contribution in [0.4, 0.5) is 0 Å². The molecule has 1 rings (SSSR count). The van der Waals surface area contributed by atoms with Gasteiger partial charge in [-0.05, 0) is 26.2 Å². The summed E-state index contributed by atoms with van der Waals surface area (Å²) in [6.45, 7) is 4.25. The Morgan fingerprint density at radius 1 is 1.53 bits per heavy atom. The molecule has 0 bridgehead atoms. The van der Waals surface area contributed by atoms with Crippen LogP contribution in [0.5, 0.6) is 0 Å². The maximum absolute atomic E-state index is 11.8. The van der Waals surface area contributed by atoms with Crippen LogP contribution in [0.25, 0.3) is 0 Å². The number of carboxylic acids is 1. The van der Waals surface area contributed by atoms with Gasteiger partial charge in [0.1, 0.15) is 6.04 Å². The summed E-state index contributed by atoms with van der Waals surface area (Å²) >= 11 is 0. The minimum Gasteiger partial charge on any atom is -0.480 e. The van der Waals surface area contributed by atoms with E-state index in [9.17, 15) is 9.59 Å². The van der Waals surface area contributed by atoms with Gasteiger partial charge in [-0.15, -0.1) is 0 Å². The number of nitrogens with zero attached hydrogens (tertiary/aromatic N) is 1. The SMILES string of the molecule is CC/C=C(\C)C(=O)N1CCCC1C(=O)O. The molecule has 1 heterocycles. The average Bonchev–Trinajstić information content (AvgIpc) is 2.65. The van der Waals surface area contributed by atoms with Crippen LogP contribution in [-0.4, -0.2) is 34.5 Å². The molecule has 0 aromatic rings. The lowest BCUT2D eigenvalue weighted by molar-refractivity contribution is -0.146. The van der Waals surface area contributed by atoms with Crippen molar-refractivity contribution >= 4 is 11.9 Å². The minimum absolute atomic E-state index is 0.137. The van der Waals surface area contributed by atoms with E-state index in [1.54, 1.807) is 6.92 Å². The predicted octanol–water partition coefficient (Wildman–Crippen LogP) is 1.42. The zero-order valence-electron chi connectivity index (χ0n) is 9.19. The van der Waals surface area contributed by atoms with Gasteiger partial charge in [-0.25, -0.2) is 4.79 Å². The lowest BCUT2D eigenvalue weighted by atomic mass is 10.2. The molecule has 0 aromatic carbocycles. The van der Waals surface area contributed by atoms with E-state index in [0.717, 1.165) is 12.8 Å². The van der Waals surface area contributed by atoms with Crippen molar-refractivity contribution in [2.75, 3.05) is 6.54 Å². The number of aliphatic carboxylic acids is 1. The van der Waals surface area contributed by atoms with Crippen molar-refractivity contribution in [3.05, 3.63) is 11.6 Å². The quantitative estimate of drug-likeness (QED) is 0.718. The molecule has 84 valence electrons. The molecule has 1 aliphatic heterocycles. The van der Waals surface area contributed by atoms with E-state index in [1.807, 2.05) is 13.0 Å². The van der Waals surface area contributed by atoms with E-state index in [1.165, 1.54) is 4.90 Å². The summed E-state index contributed by atoms with van der Waals surface area (Å²) in [5.41, 5.74) is 0.644. The van der Waals surface area contributed by atoms with Crippen LogP contribution in [0.2, 0.25) is 0 Å². The Labute approximate surface area is 89.6 Å². The van der Waals surface area contributed by atoms with Crippen LogP contribution in [-0.2, 0) is 9.59 Å². The molecule has 1 atom stereocenters. The number of hydrogen-bond acceptors (Lipinski definition) is 2. The zero-order valence-corrected chi connectivity index (χ0v) is 9.19. The first kappa shape index (κ1) is 11.8. The summed E-state index contributed by atoms with van der Waals surface area (Å²) in [6.07, 6.45) is 3.98. The van der Waals surface area contributed by atoms with Crippen molar-refractivity contribution in [1.82, 2.24) is 4.90 Å². The number of hydrogen-bond donors (Lipinski definition) is 1. The molecule has 4 heteroatoms. The summed E-state index contributed by atoms with van der Waals surface area (Å²) in [5, 5.41) is 8.93. The van der Waals surface area contributed by atoms with Gasteiger partial charge in [0.25, 0.3) is 0 Å². The van der Waals surface area contributed by atoms with E-state index in [0.29, 0.717) is 18.5 Å². The van der Waals surface area contributed by atoms with Gasteiger partial charge < -0.3 is 10.0 Å². The van der Waals surface area contributed by atoms with E-state index in [2.05, 4.69) is 0 Å². The molecule has 1 aliphatic rings. The van der Waals surface area contributed by atoms with Gasteiger partial charge in [0, 0.05) is 12.1 Å². The fraction of sp³-hybridized carbons (Fsp3) is 0.636. The monoisotopic (exact) mass is 211 g/mol. The Morgan fingerprint density at radius 3 is 2.73 bits per heavy atom. The van der Waals surface area contributed by atoms with Crippen LogP contribution in [0, 0.1) is 0 Å². The molecule has 0 aliphatic carbocycles. The summed E-state index contributed by atoms with van der Waals surface area (Å²) in [7, 11) is 0. The van der Waals surface area contributed by atoms with E-state index >= 15 is 0 Å². The summed E-state index contributed by atoms with van der Waals surface area (Å²) in [4.78, 5) is 24.2. The largest absolute Gasteiger partial charge is 0.480 e. The number of allylic oxidation sites excluding steroid dienone is 1. The fourth-order valence-corrected chi connectivity index (χ4v) is 1.89. The first-order valence-electron chi connectivity index (χ1n) is 5.28. The molecule has 1 fully saturated rings. The number of rotatable bonds is 3. The summed E-state index contributed by atoms with van der Waals surface area (Å²) in [6, 6.07) is -0.627. The molecule has 0 spiro atoms. The normalized spacial score (nSPS) is 21.9. The molecule has 0 aromatic heterocycles. The van der Waals surface area contributed by atoms with E-state index in [4.69, 9.17) is 5.11 Å². The molecule has 1 amide bonds. The highest BCUT2D eigenvalue weighted by molar-refractivity contribution is 5.95. The first-order chi connectivity index (χ1) is 7.07. The second-order valence-corrected chi connectivity index (χ2v) is 3.79. The molecule has 1 unspecified atom stereocenters. The molecular formula is C11H17NO3.